The van der Waals surface area contributed by atoms with Crippen LogP contribution in [0.5, 0.6) is 0 Å². The summed E-state index contributed by atoms with van der Waals surface area (Å²) in [5.74, 6) is 0.694. The highest BCUT2D eigenvalue weighted by atomic mass is 16.1. The van der Waals surface area contributed by atoms with Gasteiger partial charge < -0.3 is 0 Å². The normalized spacial score (nSPS) is 20.6. The molecule has 18 heavy (non-hydrogen) atoms. The van der Waals surface area contributed by atoms with Crippen LogP contribution in [0, 0.1) is 0 Å². The van der Waals surface area contributed by atoms with Crippen molar-refractivity contribution in [1.29, 1.82) is 0 Å². The maximum atomic E-state index is 11.6. The van der Waals surface area contributed by atoms with Crippen LogP contribution in [0.2, 0.25) is 0 Å². The van der Waals surface area contributed by atoms with Gasteiger partial charge in [0.15, 0.2) is 11.6 Å². The van der Waals surface area contributed by atoms with Crippen molar-refractivity contribution in [3.05, 3.63) is 22.3 Å². The number of rotatable bonds is 5. The van der Waals surface area contributed by atoms with Gasteiger partial charge in [-0.15, -0.1) is 0 Å². The molecule has 0 N–H and O–H groups in total. The topological polar surface area (TPSA) is 34.1 Å². The van der Waals surface area contributed by atoms with Gasteiger partial charge >= 0.3 is 0 Å². The minimum Gasteiger partial charge on any atom is -0.295 e. The van der Waals surface area contributed by atoms with E-state index in [-0.39, 0.29) is 0 Å². The lowest BCUT2D eigenvalue weighted by Crippen LogP contribution is -1.99. The number of unbranched alkanes of at least 4 members (excludes halogenated alkanes) is 1. The average Bonchev–Trinajstić information content (AvgIpc) is 2.82. The molecule has 0 aromatic heterocycles. The molecule has 0 atom stereocenters. The first-order chi connectivity index (χ1) is 8.59. The van der Waals surface area contributed by atoms with Gasteiger partial charge in [0.25, 0.3) is 0 Å². The van der Waals surface area contributed by atoms with E-state index in [4.69, 9.17) is 0 Å². The summed E-state index contributed by atoms with van der Waals surface area (Å²) in [6.07, 6.45) is 7.21. The summed E-state index contributed by atoms with van der Waals surface area (Å²) in [6.45, 7) is 4.15. The molecule has 2 nitrogen and oxygen atoms in total. The Morgan fingerprint density at radius 2 is 1.11 bits per heavy atom. The van der Waals surface area contributed by atoms with Crippen LogP contribution in [0.4, 0.5) is 0 Å². The summed E-state index contributed by atoms with van der Waals surface area (Å²) in [6, 6.07) is 0. The van der Waals surface area contributed by atoms with Gasteiger partial charge in [0, 0.05) is 12.8 Å². The van der Waals surface area contributed by atoms with Crippen molar-refractivity contribution in [1.82, 2.24) is 0 Å². The maximum absolute atomic E-state index is 11.6. The first-order valence-electron chi connectivity index (χ1n) is 7.03. The molecule has 0 aliphatic heterocycles. The first-order valence-corrected chi connectivity index (χ1v) is 7.03. The largest absolute Gasteiger partial charge is 0.295 e. The molecule has 0 saturated heterocycles. The standard InChI is InChI=1S/C16H22O2/c1-11-7-9-15(17)13(11)5-3-4-6-14-12(2)8-10-16(14)18/h3-10H2,1-2H3. The number of hydrogen-bond donors (Lipinski definition) is 0. The molecular weight excluding hydrogens is 224 g/mol. The van der Waals surface area contributed by atoms with Crippen LogP contribution >= 0.6 is 0 Å². The zero-order valence-electron chi connectivity index (χ0n) is 11.5. The van der Waals surface area contributed by atoms with Crippen LogP contribution in [-0.4, -0.2) is 11.6 Å². The molecule has 0 saturated carbocycles. The molecule has 0 unspecified atom stereocenters. The predicted molar refractivity (Wildman–Crippen MR) is 72.4 cm³/mol. The van der Waals surface area contributed by atoms with Gasteiger partial charge in [0.1, 0.15) is 0 Å². The highest BCUT2D eigenvalue weighted by Gasteiger charge is 2.21. The van der Waals surface area contributed by atoms with Crippen molar-refractivity contribution in [2.24, 2.45) is 0 Å². The molecule has 2 heteroatoms. The second-order valence-electron chi connectivity index (χ2n) is 5.57. The Labute approximate surface area is 109 Å². The van der Waals surface area contributed by atoms with Crippen molar-refractivity contribution in [3.63, 3.8) is 0 Å². The third-order valence-corrected chi connectivity index (χ3v) is 4.26. The van der Waals surface area contributed by atoms with Gasteiger partial charge in [-0.05, 0) is 63.5 Å². The Balaban J connectivity index is 1.77. The van der Waals surface area contributed by atoms with E-state index < -0.39 is 0 Å². The van der Waals surface area contributed by atoms with E-state index >= 15 is 0 Å². The summed E-state index contributed by atoms with van der Waals surface area (Å²) < 4.78 is 0. The molecule has 0 radical (unpaired) electrons. The van der Waals surface area contributed by atoms with Crippen LogP contribution in [0.15, 0.2) is 22.3 Å². The number of Topliss-reactive ketones (excluding diaryl/α,β-unsaturated/α-hetero) is 2. The smallest absolute Gasteiger partial charge is 0.159 e. The van der Waals surface area contributed by atoms with E-state index in [0.717, 1.165) is 49.7 Å². The quantitative estimate of drug-likeness (QED) is 0.689. The molecule has 2 rings (SSSR count). The molecule has 2 aliphatic rings. The fourth-order valence-corrected chi connectivity index (χ4v) is 2.99. The molecule has 2 aliphatic carbocycles. The van der Waals surface area contributed by atoms with E-state index in [1.165, 1.54) is 11.1 Å². The molecule has 98 valence electrons. The zero-order valence-corrected chi connectivity index (χ0v) is 11.5. The van der Waals surface area contributed by atoms with Crippen molar-refractivity contribution in [3.8, 4) is 0 Å². The van der Waals surface area contributed by atoms with E-state index in [0.29, 0.717) is 24.4 Å². The number of ketones is 2. The van der Waals surface area contributed by atoms with Crippen molar-refractivity contribution >= 4 is 11.6 Å². The fourth-order valence-electron chi connectivity index (χ4n) is 2.99. The van der Waals surface area contributed by atoms with Gasteiger partial charge in [-0.2, -0.15) is 0 Å². The van der Waals surface area contributed by atoms with Crippen LogP contribution in [0.25, 0.3) is 0 Å². The molecule has 0 amide bonds. The molecule has 0 aromatic rings. The minimum absolute atomic E-state index is 0.347. The Morgan fingerprint density at radius 1 is 0.722 bits per heavy atom. The molecule has 0 bridgehead atoms. The highest BCUT2D eigenvalue weighted by molar-refractivity contribution is 5.99. The summed E-state index contributed by atoms with van der Waals surface area (Å²) in [5, 5.41) is 0. The minimum atomic E-state index is 0.347. The summed E-state index contributed by atoms with van der Waals surface area (Å²) in [7, 11) is 0. The predicted octanol–water partition coefficient (Wildman–Crippen LogP) is 3.91. The SMILES string of the molecule is CC1=C(CCCCC2=C(C)CCC2=O)C(=O)CC1. The van der Waals surface area contributed by atoms with Gasteiger partial charge in [0.2, 0.25) is 0 Å². The Morgan fingerprint density at radius 3 is 1.39 bits per heavy atom. The summed E-state index contributed by atoms with van der Waals surface area (Å²) in [4.78, 5) is 23.2. The van der Waals surface area contributed by atoms with Crippen LogP contribution in [0.3, 0.4) is 0 Å². The van der Waals surface area contributed by atoms with E-state index in [9.17, 15) is 9.59 Å². The summed E-state index contributed by atoms with van der Waals surface area (Å²) in [5.41, 5.74) is 4.71. The Kier molecular flexibility index (Phi) is 4.15. The summed E-state index contributed by atoms with van der Waals surface area (Å²) >= 11 is 0. The van der Waals surface area contributed by atoms with Crippen molar-refractivity contribution in [2.45, 2.75) is 65.2 Å². The van der Waals surface area contributed by atoms with Gasteiger partial charge in [0.05, 0.1) is 0 Å². The lowest BCUT2D eigenvalue weighted by atomic mass is 10.00. The van der Waals surface area contributed by atoms with Crippen LogP contribution in [0.1, 0.15) is 65.2 Å². The average molecular weight is 246 g/mol. The second kappa shape index (κ2) is 5.64. The Bertz CT molecular complexity index is 396. The molecular formula is C16H22O2. The monoisotopic (exact) mass is 246 g/mol. The zero-order chi connectivity index (χ0) is 13.1. The lowest BCUT2D eigenvalue weighted by Gasteiger charge is -2.05. The number of carbonyl (C=O) groups excluding carboxylic acids is 2. The van der Waals surface area contributed by atoms with Gasteiger partial charge in [-0.1, -0.05) is 11.1 Å². The Hall–Kier alpha value is -1.18. The third-order valence-electron chi connectivity index (χ3n) is 4.26. The first kappa shape index (κ1) is 13.3. The van der Waals surface area contributed by atoms with E-state index in [1.807, 2.05) is 0 Å². The fraction of sp³-hybridized carbons (Fsp3) is 0.625. The molecule has 0 spiro atoms. The van der Waals surface area contributed by atoms with Crippen molar-refractivity contribution in [2.75, 3.05) is 0 Å². The second-order valence-corrected chi connectivity index (χ2v) is 5.57. The molecule has 0 heterocycles. The number of carbonyl (C=O) groups is 2. The van der Waals surface area contributed by atoms with Gasteiger partial charge in [-0.25, -0.2) is 0 Å². The van der Waals surface area contributed by atoms with Crippen molar-refractivity contribution < 1.29 is 9.59 Å². The number of hydrogen-bond acceptors (Lipinski definition) is 2. The molecule has 0 fully saturated rings. The highest BCUT2D eigenvalue weighted by Crippen LogP contribution is 2.29. The van der Waals surface area contributed by atoms with Crippen LogP contribution < -0.4 is 0 Å². The lowest BCUT2D eigenvalue weighted by molar-refractivity contribution is -0.115. The molecule has 0 aromatic carbocycles. The van der Waals surface area contributed by atoms with Gasteiger partial charge in [-0.3, -0.25) is 9.59 Å². The number of allylic oxidation sites excluding steroid dienone is 4. The van der Waals surface area contributed by atoms with E-state index in [2.05, 4.69) is 13.8 Å². The van der Waals surface area contributed by atoms with Crippen LogP contribution in [-0.2, 0) is 9.59 Å². The van der Waals surface area contributed by atoms with E-state index in [1.54, 1.807) is 0 Å². The maximum Gasteiger partial charge on any atom is 0.159 e. The third kappa shape index (κ3) is 2.80.